The van der Waals surface area contributed by atoms with Gasteiger partial charge in [-0.25, -0.2) is 4.39 Å². The third-order valence-electron chi connectivity index (χ3n) is 3.04. The first-order chi connectivity index (χ1) is 9.77. The van der Waals surface area contributed by atoms with E-state index in [1.807, 2.05) is 0 Å². The second-order valence-electron chi connectivity index (χ2n) is 4.61. The SMILES string of the molecule is CC(Nc1cc(C(F)(F)F)ccc1Br)c1ccc(F)cc1. The molecule has 1 atom stereocenters. The molecule has 0 amide bonds. The highest BCUT2D eigenvalue weighted by Gasteiger charge is 2.31. The minimum atomic E-state index is -4.39. The van der Waals surface area contributed by atoms with Crippen molar-refractivity contribution in [3.8, 4) is 0 Å². The van der Waals surface area contributed by atoms with Crippen molar-refractivity contribution in [3.05, 3.63) is 63.9 Å². The maximum atomic E-state index is 12.9. The van der Waals surface area contributed by atoms with Gasteiger partial charge in [0.2, 0.25) is 0 Å². The number of hydrogen-bond acceptors (Lipinski definition) is 1. The molecular weight excluding hydrogens is 350 g/mol. The van der Waals surface area contributed by atoms with Gasteiger partial charge in [0.05, 0.1) is 5.56 Å². The molecule has 1 N–H and O–H groups in total. The third kappa shape index (κ3) is 3.97. The Balaban J connectivity index is 2.24. The summed E-state index contributed by atoms with van der Waals surface area (Å²) < 4.78 is 51.6. The average Bonchev–Trinajstić information content (AvgIpc) is 2.40. The van der Waals surface area contributed by atoms with Crippen LogP contribution in [-0.2, 0) is 6.18 Å². The molecular formula is C15H12BrF4N. The molecule has 0 saturated heterocycles. The smallest absolute Gasteiger partial charge is 0.378 e. The number of rotatable bonds is 3. The van der Waals surface area contributed by atoms with Gasteiger partial charge in [0.25, 0.3) is 0 Å². The maximum Gasteiger partial charge on any atom is 0.416 e. The molecule has 2 aromatic carbocycles. The molecule has 0 aliphatic heterocycles. The molecule has 1 unspecified atom stereocenters. The van der Waals surface area contributed by atoms with Gasteiger partial charge in [-0.2, -0.15) is 13.2 Å². The molecule has 21 heavy (non-hydrogen) atoms. The van der Waals surface area contributed by atoms with Crippen molar-refractivity contribution in [2.75, 3.05) is 5.32 Å². The fourth-order valence-electron chi connectivity index (χ4n) is 1.88. The first kappa shape index (κ1) is 15.8. The molecule has 112 valence electrons. The summed E-state index contributed by atoms with van der Waals surface area (Å²) in [5.74, 6) is -0.355. The summed E-state index contributed by atoms with van der Waals surface area (Å²) in [7, 11) is 0. The number of anilines is 1. The van der Waals surface area contributed by atoms with Crippen molar-refractivity contribution >= 4 is 21.6 Å². The van der Waals surface area contributed by atoms with E-state index < -0.39 is 11.7 Å². The highest BCUT2D eigenvalue weighted by molar-refractivity contribution is 9.10. The molecule has 2 rings (SSSR count). The van der Waals surface area contributed by atoms with Gasteiger partial charge in [0, 0.05) is 16.2 Å². The molecule has 0 radical (unpaired) electrons. The Morgan fingerprint density at radius 1 is 1.05 bits per heavy atom. The lowest BCUT2D eigenvalue weighted by atomic mass is 10.1. The number of halogens is 5. The highest BCUT2D eigenvalue weighted by atomic mass is 79.9. The monoisotopic (exact) mass is 361 g/mol. The zero-order valence-corrected chi connectivity index (χ0v) is 12.6. The van der Waals surface area contributed by atoms with Crippen molar-refractivity contribution in [2.45, 2.75) is 19.1 Å². The molecule has 0 spiro atoms. The minimum absolute atomic E-state index is 0.259. The van der Waals surface area contributed by atoms with Crippen LogP contribution in [-0.4, -0.2) is 0 Å². The van der Waals surface area contributed by atoms with Gasteiger partial charge in [0.1, 0.15) is 5.82 Å². The summed E-state index contributed by atoms with van der Waals surface area (Å²) in [6.07, 6.45) is -4.39. The number of benzene rings is 2. The van der Waals surface area contributed by atoms with E-state index in [4.69, 9.17) is 0 Å². The molecule has 2 aromatic rings. The third-order valence-corrected chi connectivity index (χ3v) is 3.73. The largest absolute Gasteiger partial charge is 0.416 e. The van der Waals surface area contributed by atoms with Crippen molar-refractivity contribution < 1.29 is 17.6 Å². The molecule has 0 saturated carbocycles. The van der Waals surface area contributed by atoms with Gasteiger partial charge in [-0.15, -0.1) is 0 Å². The molecule has 6 heteroatoms. The fourth-order valence-corrected chi connectivity index (χ4v) is 2.24. The predicted octanol–water partition coefficient (Wildman–Crippen LogP) is 5.78. The summed E-state index contributed by atoms with van der Waals surface area (Å²) in [4.78, 5) is 0. The quantitative estimate of drug-likeness (QED) is 0.683. The van der Waals surface area contributed by atoms with Crippen LogP contribution in [0.25, 0.3) is 0 Å². The highest BCUT2D eigenvalue weighted by Crippen LogP contribution is 2.35. The van der Waals surface area contributed by atoms with Crippen molar-refractivity contribution in [2.24, 2.45) is 0 Å². The van der Waals surface area contributed by atoms with E-state index in [2.05, 4.69) is 21.2 Å². The van der Waals surface area contributed by atoms with Gasteiger partial charge in [-0.3, -0.25) is 0 Å². The lowest BCUT2D eigenvalue weighted by Crippen LogP contribution is -2.10. The van der Waals surface area contributed by atoms with Crippen LogP contribution in [0.4, 0.5) is 23.2 Å². The van der Waals surface area contributed by atoms with E-state index in [9.17, 15) is 17.6 Å². The Morgan fingerprint density at radius 3 is 2.24 bits per heavy atom. The van der Waals surface area contributed by atoms with Gasteiger partial charge in [-0.1, -0.05) is 12.1 Å². The van der Waals surface area contributed by atoms with Gasteiger partial charge in [0.15, 0.2) is 0 Å². The van der Waals surface area contributed by atoms with Gasteiger partial charge < -0.3 is 5.32 Å². The summed E-state index contributed by atoms with van der Waals surface area (Å²) in [6, 6.07) is 8.96. The van der Waals surface area contributed by atoms with E-state index in [0.29, 0.717) is 10.2 Å². The number of hydrogen-bond donors (Lipinski definition) is 1. The number of nitrogens with one attached hydrogen (secondary N) is 1. The first-order valence-corrected chi connectivity index (χ1v) is 6.95. The lowest BCUT2D eigenvalue weighted by molar-refractivity contribution is -0.137. The second-order valence-corrected chi connectivity index (χ2v) is 5.46. The zero-order chi connectivity index (χ0) is 15.6. The minimum Gasteiger partial charge on any atom is -0.378 e. The molecule has 1 nitrogen and oxygen atoms in total. The van der Waals surface area contributed by atoms with E-state index in [1.54, 1.807) is 19.1 Å². The molecule has 0 aliphatic rings. The lowest BCUT2D eigenvalue weighted by Gasteiger charge is -2.18. The molecule has 0 aliphatic carbocycles. The van der Waals surface area contributed by atoms with E-state index in [1.165, 1.54) is 18.2 Å². The Morgan fingerprint density at radius 2 is 1.67 bits per heavy atom. The van der Waals surface area contributed by atoms with Gasteiger partial charge in [-0.05, 0) is 58.7 Å². The van der Waals surface area contributed by atoms with Gasteiger partial charge >= 0.3 is 6.18 Å². The standard InChI is InChI=1S/C15H12BrF4N/c1-9(10-2-5-12(17)6-3-10)21-14-8-11(15(18,19)20)4-7-13(14)16/h2-9,21H,1H3. The number of alkyl halides is 3. The fraction of sp³-hybridized carbons (Fsp3) is 0.200. The summed E-state index contributed by atoms with van der Waals surface area (Å²) in [5, 5.41) is 2.99. The van der Waals surface area contributed by atoms with Crippen molar-refractivity contribution in [1.82, 2.24) is 0 Å². The maximum absolute atomic E-state index is 12.9. The van der Waals surface area contributed by atoms with Crippen LogP contribution in [0.2, 0.25) is 0 Å². The molecule has 0 aromatic heterocycles. The van der Waals surface area contributed by atoms with Crippen LogP contribution < -0.4 is 5.32 Å². The molecule has 0 heterocycles. The Hall–Kier alpha value is -1.56. The Bertz CT molecular complexity index is 623. The van der Waals surface area contributed by atoms with E-state index in [-0.39, 0.29) is 11.9 Å². The Kier molecular flexibility index (Phi) is 4.56. The van der Waals surface area contributed by atoms with Crippen LogP contribution in [0.5, 0.6) is 0 Å². The summed E-state index contributed by atoms with van der Waals surface area (Å²) in [6.45, 7) is 1.79. The second kappa shape index (κ2) is 6.05. The average molecular weight is 362 g/mol. The first-order valence-electron chi connectivity index (χ1n) is 6.16. The topological polar surface area (TPSA) is 12.0 Å². The van der Waals surface area contributed by atoms with Crippen LogP contribution >= 0.6 is 15.9 Å². The van der Waals surface area contributed by atoms with Crippen molar-refractivity contribution in [3.63, 3.8) is 0 Å². The van der Waals surface area contributed by atoms with Crippen molar-refractivity contribution in [1.29, 1.82) is 0 Å². The summed E-state index contributed by atoms with van der Waals surface area (Å²) >= 11 is 3.22. The summed E-state index contributed by atoms with van der Waals surface area (Å²) in [5.41, 5.74) is 0.391. The normalized spacial score (nSPS) is 13.0. The van der Waals surface area contributed by atoms with Crippen LogP contribution in [0.3, 0.4) is 0 Å². The van der Waals surface area contributed by atoms with Crippen LogP contribution in [0.15, 0.2) is 46.9 Å². The van der Waals surface area contributed by atoms with E-state index >= 15 is 0 Å². The van der Waals surface area contributed by atoms with E-state index in [0.717, 1.165) is 17.7 Å². The van der Waals surface area contributed by atoms with Crippen LogP contribution in [0, 0.1) is 5.82 Å². The molecule has 0 bridgehead atoms. The van der Waals surface area contributed by atoms with Crippen LogP contribution in [0.1, 0.15) is 24.1 Å². The predicted molar refractivity (Wildman–Crippen MR) is 77.6 cm³/mol. The Labute approximate surface area is 128 Å². The molecule has 0 fully saturated rings. The zero-order valence-electron chi connectivity index (χ0n) is 11.0.